The second kappa shape index (κ2) is 7.58. The van der Waals surface area contributed by atoms with Crippen LogP contribution in [0.5, 0.6) is 11.5 Å². The molecule has 0 atom stereocenters. The van der Waals surface area contributed by atoms with Crippen LogP contribution in [-0.4, -0.2) is 18.1 Å². The molecule has 0 aliphatic rings. The molecule has 2 N–H and O–H groups in total. The lowest BCUT2D eigenvalue weighted by atomic mass is 10.1. The molecule has 0 aromatic heterocycles. The fourth-order valence-corrected chi connectivity index (χ4v) is 1.57. The summed E-state index contributed by atoms with van der Waals surface area (Å²) in [6.07, 6.45) is 1.61. The van der Waals surface area contributed by atoms with E-state index >= 15 is 0 Å². The minimum absolute atomic E-state index is 0.0863. The highest BCUT2D eigenvalue weighted by Crippen LogP contribution is 2.34. The molecule has 6 nitrogen and oxygen atoms in total. The Balaban J connectivity index is 3.13. The summed E-state index contributed by atoms with van der Waals surface area (Å²) in [7, 11) is 0. The van der Waals surface area contributed by atoms with Crippen molar-refractivity contribution in [1.82, 2.24) is 0 Å². The highest BCUT2D eigenvalue weighted by Gasteiger charge is 2.19. The van der Waals surface area contributed by atoms with E-state index in [2.05, 4.69) is 0 Å². The Morgan fingerprint density at radius 1 is 1.16 bits per heavy atom. The second-order valence-electron chi connectivity index (χ2n) is 4.09. The van der Waals surface area contributed by atoms with Gasteiger partial charge < -0.3 is 15.2 Å². The zero-order valence-electron chi connectivity index (χ0n) is 11.3. The molecule has 0 radical (unpaired) electrons. The highest BCUT2D eigenvalue weighted by atomic mass is 16.6. The Labute approximate surface area is 112 Å². The number of nitrogens with two attached hydrogens (primary N) is 1. The van der Waals surface area contributed by atoms with Gasteiger partial charge in [-0.1, -0.05) is 13.8 Å². The van der Waals surface area contributed by atoms with Gasteiger partial charge in [-0.25, -0.2) is 0 Å². The number of hydrogen-bond donors (Lipinski definition) is 1. The van der Waals surface area contributed by atoms with E-state index < -0.39 is 4.92 Å². The monoisotopic (exact) mass is 268 g/mol. The second-order valence-corrected chi connectivity index (χ2v) is 4.09. The van der Waals surface area contributed by atoms with Gasteiger partial charge in [-0.2, -0.15) is 0 Å². The first-order valence-corrected chi connectivity index (χ1v) is 6.41. The lowest BCUT2D eigenvalue weighted by molar-refractivity contribution is -0.386. The fourth-order valence-electron chi connectivity index (χ4n) is 1.57. The Morgan fingerprint density at radius 2 is 1.74 bits per heavy atom. The summed E-state index contributed by atoms with van der Waals surface area (Å²) < 4.78 is 10.9. The van der Waals surface area contributed by atoms with E-state index in [1.807, 2.05) is 13.8 Å². The van der Waals surface area contributed by atoms with Crippen molar-refractivity contribution in [1.29, 1.82) is 0 Å². The SMILES string of the molecule is CCCOc1cc([N+](=O)[O-])c(OCCC)cc1CN. The average Bonchev–Trinajstić information content (AvgIpc) is 2.42. The Morgan fingerprint density at radius 3 is 2.21 bits per heavy atom. The van der Waals surface area contributed by atoms with Gasteiger partial charge in [-0.05, 0) is 18.9 Å². The van der Waals surface area contributed by atoms with E-state index in [1.54, 1.807) is 6.07 Å². The van der Waals surface area contributed by atoms with Crippen molar-refractivity contribution in [3.8, 4) is 11.5 Å². The first kappa shape index (κ1) is 15.2. The number of rotatable bonds is 8. The van der Waals surface area contributed by atoms with Crippen LogP contribution in [0.3, 0.4) is 0 Å². The van der Waals surface area contributed by atoms with Crippen LogP contribution < -0.4 is 15.2 Å². The molecule has 1 rings (SSSR count). The van der Waals surface area contributed by atoms with E-state index in [0.717, 1.165) is 12.8 Å². The summed E-state index contributed by atoms with van der Waals surface area (Å²) in [5.74, 6) is 0.705. The summed E-state index contributed by atoms with van der Waals surface area (Å²) in [4.78, 5) is 10.6. The minimum atomic E-state index is -0.468. The van der Waals surface area contributed by atoms with Gasteiger partial charge in [0.25, 0.3) is 0 Å². The maximum Gasteiger partial charge on any atom is 0.314 e. The van der Waals surface area contributed by atoms with E-state index in [-0.39, 0.29) is 18.0 Å². The van der Waals surface area contributed by atoms with Crippen molar-refractivity contribution in [2.75, 3.05) is 13.2 Å². The van der Waals surface area contributed by atoms with E-state index in [9.17, 15) is 10.1 Å². The molecule has 106 valence electrons. The van der Waals surface area contributed by atoms with Crippen LogP contribution in [0.2, 0.25) is 0 Å². The van der Waals surface area contributed by atoms with Gasteiger partial charge in [-0.3, -0.25) is 10.1 Å². The molecule has 1 aromatic rings. The van der Waals surface area contributed by atoms with E-state index in [0.29, 0.717) is 24.5 Å². The summed E-state index contributed by atoms with van der Waals surface area (Å²) in [5.41, 5.74) is 6.27. The summed E-state index contributed by atoms with van der Waals surface area (Å²) in [5, 5.41) is 11.0. The van der Waals surface area contributed by atoms with Crippen molar-refractivity contribution in [3.05, 3.63) is 27.8 Å². The summed E-state index contributed by atoms with van der Waals surface area (Å²) in [6, 6.07) is 2.99. The molecule has 0 unspecified atom stereocenters. The topological polar surface area (TPSA) is 87.6 Å². The minimum Gasteiger partial charge on any atom is -0.493 e. The molecular weight excluding hydrogens is 248 g/mol. The van der Waals surface area contributed by atoms with Crippen molar-refractivity contribution in [2.24, 2.45) is 5.73 Å². The quantitative estimate of drug-likeness (QED) is 0.578. The Kier molecular flexibility index (Phi) is 6.08. The lowest BCUT2D eigenvalue weighted by Crippen LogP contribution is -2.06. The highest BCUT2D eigenvalue weighted by molar-refractivity contribution is 5.55. The van der Waals surface area contributed by atoms with Crippen LogP contribution in [0.25, 0.3) is 0 Å². The molecule has 0 saturated carbocycles. The van der Waals surface area contributed by atoms with Gasteiger partial charge in [0.15, 0.2) is 5.75 Å². The number of ether oxygens (including phenoxy) is 2. The summed E-state index contributed by atoms with van der Waals surface area (Å²) in [6.45, 7) is 5.09. The number of nitro benzene ring substituents is 1. The molecule has 1 aromatic carbocycles. The van der Waals surface area contributed by atoms with Crippen LogP contribution in [0.1, 0.15) is 32.3 Å². The van der Waals surface area contributed by atoms with Crippen LogP contribution in [-0.2, 0) is 6.54 Å². The van der Waals surface area contributed by atoms with E-state index in [4.69, 9.17) is 15.2 Å². The molecule has 0 fully saturated rings. The van der Waals surface area contributed by atoms with Crippen molar-refractivity contribution < 1.29 is 14.4 Å². The lowest BCUT2D eigenvalue weighted by Gasteiger charge is -2.12. The molecule has 0 bridgehead atoms. The van der Waals surface area contributed by atoms with Gasteiger partial charge >= 0.3 is 5.69 Å². The molecule has 0 heterocycles. The molecule has 6 heteroatoms. The summed E-state index contributed by atoms with van der Waals surface area (Å²) >= 11 is 0. The normalized spacial score (nSPS) is 10.3. The van der Waals surface area contributed by atoms with Crippen molar-refractivity contribution in [2.45, 2.75) is 33.2 Å². The van der Waals surface area contributed by atoms with Crippen molar-refractivity contribution >= 4 is 5.69 Å². The average molecular weight is 268 g/mol. The number of nitrogens with zero attached hydrogens (tertiary/aromatic N) is 1. The van der Waals surface area contributed by atoms with Crippen LogP contribution >= 0.6 is 0 Å². The van der Waals surface area contributed by atoms with E-state index in [1.165, 1.54) is 6.07 Å². The molecule has 0 aliphatic heterocycles. The van der Waals surface area contributed by atoms with Crippen molar-refractivity contribution in [3.63, 3.8) is 0 Å². The molecular formula is C13H20N2O4. The van der Waals surface area contributed by atoms with Gasteiger partial charge in [0.1, 0.15) is 5.75 Å². The third kappa shape index (κ3) is 4.10. The zero-order valence-corrected chi connectivity index (χ0v) is 11.3. The molecule has 0 aliphatic carbocycles. The molecule has 0 saturated heterocycles. The molecule has 0 spiro atoms. The number of hydrogen-bond acceptors (Lipinski definition) is 5. The third-order valence-corrected chi connectivity index (χ3v) is 2.48. The predicted molar refractivity (Wildman–Crippen MR) is 72.6 cm³/mol. The predicted octanol–water partition coefficient (Wildman–Crippen LogP) is 2.63. The smallest absolute Gasteiger partial charge is 0.314 e. The Hall–Kier alpha value is -1.82. The first-order valence-electron chi connectivity index (χ1n) is 6.41. The van der Waals surface area contributed by atoms with Crippen LogP contribution in [0.15, 0.2) is 12.1 Å². The van der Waals surface area contributed by atoms with Gasteiger partial charge in [0.05, 0.1) is 24.2 Å². The Bertz CT molecular complexity index is 435. The molecule has 19 heavy (non-hydrogen) atoms. The third-order valence-electron chi connectivity index (χ3n) is 2.48. The number of benzene rings is 1. The first-order chi connectivity index (χ1) is 9.13. The fraction of sp³-hybridized carbons (Fsp3) is 0.538. The largest absolute Gasteiger partial charge is 0.493 e. The van der Waals surface area contributed by atoms with Gasteiger partial charge in [-0.15, -0.1) is 0 Å². The van der Waals surface area contributed by atoms with Gasteiger partial charge in [0, 0.05) is 12.1 Å². The molecule has 0 amide bonds. The maximum atomic E-state index is 11.0. The number of nitro groups is 1. The standard InChI is InChI=1S/C13H20N2O4/c1-3-5-18-12-8-11(15(16)17)13(19-6-4-2)7-10(12)9-14/h7-8H,3-6,9,14H2,1-2H3. The van der Waals surface area contributed by atoms with Crippen LogP contribution in [0, 0.1) is 10.1 Å². The van der Waals surface area contributed by atoms with Crippen LogP contribution in [0.4, 0.5) is 5.69 Å². The zero-order chi connectivity index (χ0) is 14.3. The van der Waals surface area contributed by atoms with Gasteiger partial charge in [0.2, 0.25) is 0 Å². The maximum absolute atomic E-state index is 11.0.